The van der Waals surface area contributed by atoms with Crippen LogP contribution < -0.4 is 10.9 Å². The van der Waals surface area contributed by atoms with Gasteiger partial charge in [-0.05, 0) is 31.2 Å². The van der Waals surface area contributed by atoms with E-state index in [0.29, 0.717) is 39.1 Å². The van der Waals surface area contributed by atoms with Crippen LogP contribution >= 0.6 is 35.0 Å². The van der Waals surface area contributed by atoms with E-state index in [1.807, 2.05) is 12.1 Å². The molecule has 0 saturated carbocycles. The molecule has 4 aromatic rings. The van der Waals surface area contributed by atoms with Crippen LogP contribution in [0.5, 0.6) is 0 Å². The van der Waals surface area contributed by atoms with Gasteiger partial charge in [0.15, 0.2) is 5.16 Å². The van der Waals surface area contributed by atoms with E-state index in [4.69, 9.17) is 23.2 Å². The molecule has 2 heterocycles. The maximum Gasteiger partial charge on any atom is 0.263 e. The van der Waals surface area contributed by atoms with Gasteiger partial charge < -0.3 is 5.32 Å². The molecule has 7 nitrogen and oxygen atoms in total. The van der Waals surface area contributed by atoms with E-state index in [0.717, 1.165) is 0 Å². The van der Waals surface area contributed by atoms with Crippen LogP contribution in [0.25, 0.3) is 16.7 Å². The summed E-state index contributed by atoms with van der Waals surface area (Å²) in [4.78, 5) is 25.6. The van der Waals surface area contributed by atoms with E-state index in [9.17, 15) is 9.59 Å². The van der Waals surface area contributed by atoms with Crippen LogP contribution in [0.15, 0.2) is 65.1 Å². The summed E-state index contributed by atoms with van der Waals surface area (Å²) in [5.41, 5.74) is 0.928. The van der Waals surface area contributed by atoms with Gasteiger partial charge in [0.1, 0.15) is 0 Å². The summed E-state index contributed by atoms with van der Waals surface area (Å²) >= 11 is 13.4. The molecule has 0 fully saturated rings. The van der Waals surface area contributed by atoms with Gasteiger partial charge in [-0.25, -0.2) is 0 Å². The van der Waals surface area contributed by atoms with Gasteiger partial charge in [0, 0.05) is 6.54 Å². The Balaban J connectivity index is 1.72. The van der Waals surface area contributed by atoms with E-state index >= 15 is 0 Å². The Morgan fingerprint density at radius 1 is 1.23 bits per heavy atom. The van der Waals surface area contributed by atoms with Crippen molar-refractivity contribution < 1.29 is 4.79 Å². The number of rotatable bonds is 6. The fourth-order valence-electron chi connectivity index (χ4n) is 3.15. The zero-order valence-corrected chi connectivity index (χ0v) is 18.7. The maximum atomic E-state index is 12.9. The predicted octanol–water partition coefficient (Wildman–Crippen LogP) is 4.66. The minimum atomic E-state index is -0.527. The number of thioether (sulfide) groups is 1. The molecule has 0 saturated heterocycles. The third kappa shape index (κ3) is 3.94. The van der Waals surface area contributed by atoms with Crippen molar-refractivity contribution in [3.63, 3.8) is 0 Å². The summed E-state index contributed by atoms with van der Waals surface area (Å²) in [6, 6.07) is 12.2. The molecule has 0 aliphatic rings. The van der Waals surface area contributed by atoms with Crippen molar-refractivity contribution >= 4 is 63.2 Å². The molecule has 0 unspecified atom stereocenters. The lowest BCUT2D eigenvalue weighted by Gasteiger charge is -2.13. The predicted molar refractivity (Wildman–Crippen MR) is 125 cm³/mol. The number of para-hydroxylation sites is 1. The number of hydrogen-bond donors (Lipinski definition) is 1. The van der Waals surface area contributed by atoms with Crippen molar-refractivity contribution in [1.82, 2.24) is 19.2 Å². The first kappa shape index (κ1) is 21.4. The third-order valence-electron chi connectivity index (χ3n) is 4.65. The van der Waals surface area contributed by atoms with Gasteiger partial charge >= 0.3 is 0 Å². The molecule has 10 heteroatoms. The highest BCUT2D eigenvalue weighted by Crippen LogP contribution is 2.31. The van der Waals surface area contributed by atoms with E-state index in [2.05, 4.69) is 22.1 Å². The van der Waals surface area contributed by atoms with Crippen LogP contribution in [-0.2, 0) is 11.3 Å². The smallest absolute Gasteiger partial charge is 0.263 e. The van der Waals surface area contributed by atoms with Crippen LogP contribution in [0.1, 0.15) is 6.92 Å². The molecule has 2 aromatic carbocycles. The summed E-state index contributed by atoms with van der Waals surface area (Å²) in [5, 5.41) is 12.4. The van der Waals surface area contributed by atoms with Crippen LogP contribution in [-0.4, -0.2) is 30.3 Å². The molecule has 1 atom stereocenters. The second-order valence-electron chi connectivity index (χ2n) is 6.69. The lowest BCUT2D eigenvalue weighted by atomic mass is 10.2. The van der Waals surface area contributed by atoms with Crippen molar-refractivity contribution in [3.05, 3.63) is 75.5 Å². The van der Waals surface area contributed by atoms with Crippen LogP contribution in [0.3, 0.4) is 0 Å². The van der Waals surface area contributed by atoms with Gasteiger partial charge in [0.25, 0.3) is 5.56 Å². The Morgan fingerprint density at radius 2 is 2.00 bits per heavy atom. The summed E-state index contributed by atoms with van der Waals surface area (Å²) in [5.74, 6) is 0.117. The quantitative estimate of drug-likeness (QED) is 0.325. The standard InChI is InChI=1S/C21H17Cl2N5O2S/c1-3-11-27-19(30)13-7-4-5-10-16(13)28-20(27)25-26-21(28)31-12(2)18(29)24-15-9-6-8-14(22)17(15)23/h3-10,12H,1,11H2,2H3,(H,24,29)/t12-/m1/s1. The second kappa shape index (κ2) is 8.74. The average Bonchev–Trinajstić information content (AvgIpc) is 3.17. The van der Waals surface area contributed by atoms with Gasteiger partial charge in [0.2, 0.25) is 11.7 Å². The van der Waals surface area contributed by atoms with Crippen molar-refractivity contribution in [3.8, 4) is 0 Å². The van der Waals surface area contributed by atoms with Crippen molar-refractivity contribution in [2.45, 2.75) is 23.9 Å². The Labute approximate surface area is 191 Å². The molecule has 0 bridgehead atoms. The van der Waals surface area contributed by atoms with Crippen LogP contribution in [0.2, 0.25) is 10.0 Å². The van der Waals surface area contributed by atoms with Gasteiger partial charge in [-0.15, -0.1) is 16.8 Å². The van der Waals surface area contributed by atoms with Gasteiger partial charge in [-0.2, -0.15) is 0 Å². The molecule has 4 rings (SSSR count). The Bertz CT molecular complexity index is 1380. The Kier molecular flexibility index (Phi) is 6.04. The number of anilines is 1. The average molecular weight is 474 g/mol. The molecule has 158 valence electrons. The minimum Gasteiger partial charge on any atom is -0.324 e. The van der Waals surface area contributed by atoms with E-state index < -0.39 is 5.25 Å². The molecule has 1 N–H and O–H groups in total. The number of hydrogen-bond acceptors (Lipinski definition) is 5. The molecule has 0 aliphatic carbocycles. The molecule has 1 amide bonds. The second-order valence-corrected chi connectivity index (χ2v) is 8.78. The highest BCUT2D eigenvalue weighted by atomic mass is 35.5. The zero-order valence-electron chi connectivity index (χ0n) is 16.4. The highest BCUT2D eigenvalue weighted by molar-refractivity contribution is 8.00. The van der Waals surface area contributed by atoms with Crippen LogP contribution in [0.4, 0.5) is 5.69 Å². The summed E-state index contributed by atoms with van der Waals surface area (Å²) in [7, 11) is 0. The minimum absolute atomic E-state index is 0.173. The largest absolute Gasteiger partial charge is 0.324 e. The molecule has 2 aromatic heterocycles. The number of aromatic nitrogens is 4. The number of nitrogens with zero attached hydrogens (tertiary/aromatic N) is 4. The van der Waals surface area contributed by atoms with Crippen molar-refractivity contribution in [2.75, 3.05) is 5.32 Å². The molecule has 0 radical (unpaired) electrons. The van der Waals surface area contributed by atoms with E-state index in [1.165, 1.54) is 16.3 Å². The third-order valence-corrected chi connectivity index (χ3v) is 6.51. The number of halogens is 2. The van der Waals surface area contributed by atoms with Crippen LogP contribution in [0, 0.1) is 0 Å². The molecular weight excluding hydrogens is 457 g/mol. The lowest BCUT2D eigenvalue weighted by molar-refractivity contribution is -0.115. The number of nitrogens with one attached hydrogen (secondary N) is 1. The number of carbonyl (C=O) groups excluding carboxylic acids is 1. The summed E-state index contributed by atoms with van der Waals surface area (Å²) in [6.07, 6.45) is 1.63. The normalized spacial score (nSPS) is 12.2. The first-order valence-electron chi connectivity index (χ1n) is 9.31. The maximum absolute atomic E-state index is 12.9. The number of benzene rings is 2. The van der Waals surface area contributed by atoms with Gasteiger partial charge in [-0.1, -0.05) is 59.2 Å². The monoisotopic (exact) mass is 473 g/mol. The molecule has 0 aliphatic heterocycles. The first-order valence-corrected chi connectivity index (χ1v) is 10.9. The van der Waals surface area contributed by atoms with Gasteiger partial charge in [-0.3, -0.25) is 18.6 Å². The Hall–Kier alpha value is -2.81. The number of fused-ring (bicyclic) bond motifs is 3. The number of allylic oxidation sites excluding steroid dienone is 1. The SMILES string of the molecule is C=CCn1c(=O)c2ccccc2n2c(S[C@H](C)C(=O)Nc3cccc(Cl)c3Cl)nnc12. The molecule has 31 heavy (non-hydrogen) atoms. The van der Waals surface area contributed by atoms with E-state index in [-0.39, 0.29) is 16.5 Å². The first-order chi connectivity index (χ1) is 14.9. The summed E-state index contributed by atoms with van der Waals surface area (Å²) < 4.78 is 3.28. The molecule has 0 spiro atoms. The fourth-order valence-corrected chi connectivity index (χ4v) is 4.35. The Morgan fingerprint density at radius 3 is 2.77 bits per heavy atom. The topological polar surface area (TPSA) is 81.3 Å². The molecular formula is C21H17Cl2N5O2S. The fraction of sp³-hybridized carbons (Fsp3) is 0.143. The lowest BCUT2D eigenvalue weighted by Crippen LogP contribution is -2.24. The zero-order chi connectivity index (χ0) is 22.1. The van der Waals surface area contributed by atoms with Crippen molar-refractivity contribution in [1.29, 1.82) is 0 Å². The number of amides is 1. The highest BCUT2D eigenvalue weighted by Gasteiger charge is 2.22. The van der Waals surface area contributed by atoms with E-state index in [1.54, 1.807) is 47.7 Å². The van der Waals surface area contributed by atoms with Gasteiger partial charge in [0.05, 0.1) is 31.9 Å². The number of carbonyl (C=O) groups is 1. The van der Waals surface area contributed by atoms with Crippen molar-refractivity contribution in [2.24, 2.45) is 0 Å². The summed E-state index contributed by atoms with van der Waals surface area (Å²) in [6.45, 7) is 5.76.